The molecule has 3 aromatic carbocycles. The molecule has 0 aliphatic rings. The van der Waals surface area contributed by atoms with Crippen LogP contribution in [-0.4, -0.2) is 22.1 Å². The van der Waals surface area contributed by atoms with Crippen LogP contribution >= 0.6 is 0 Å². The average molecular weight is 403 g/mol. The summed E-state index contributed by atoms with van der Waals surface area (Å²) in [6, 6.07) is 19.9. The molecule has 0 saturated carbocycles. The predicted molar refractivity (Wildman–Crippen MR) is 113 cm³/mol. The van der Waals surface area contributed by atoms with Gasteiger partial charge in [-0.1, -0.05) is 24.3 Å². The minimum Gasteiger partial charge on any atom is -0.481 e. The SMILES string of the molecule is Cc1nc2ccccc2c(=O)n1-c1ccc(NC(=O)COc2ccccc2F)cc1. The molecule has 4 rings (SSSR count). The van der Waals surface area contributed by atoms with Crippen LogP contribution in [0.15, 0.2) is 77.6 Å². The van der Waals surface area contributed by atoms with Crippen molar-refractivity contribution in [3.8, 4) is 11.4 Å². The highest BCUT2D eigenvalue weighted by Crippen LogP contribution is 2.17. The van der Waals surface area contributed by atoms with Gasteiger partial charge in [-0.2, -0.15) is 0 Å². The summed E-state index contributed by atoms with van der Waals surface area (Å²) in [5.74, 6) is -0.374. The van der Waals surface area contributed by atoms with Gasteiger partial charge in [0.15, 0.2) is 18.2 Å². The predicted octanol–water partition coefficient (Wildman–Crippen LogP) is 3.85. The highest BCUT2D eigenvalue weighted by atomic mass is 19.1. The van der Waals surface area contributed by atoms with Gasteiger partial charge in [0.2, 0.25) is 0 Å². The van der Waals surface area contributed by atoms with Crippen LogP contribution in [0.1, 0.15) is 5.82 Å². The van der Waals surface area contributed by atoms with Gasteiger partial charge in [0.05, 0.1) is 16.6 Å². The zero-order valence-electron chi connectivity index (χ0n) is 16.1. The molecule has 30 heavy (non-hydrogen) atoms. The lowest BCUT2D eigenvalue weighted by Crippen LogP contribution is -2.22. The zero-order valence-corrected chi connectivity index (χ0v) is 16.1. The molecule has 1 N–H and O–H groups in total. The molecule has 1 aromatic heterocycles. The van der Waals surface area contributed by atoms with Crippen LogP contribution in [0.3, 0.4) is 0 Å². The lowest BCUT2D eigenvalue weighted by molar-refractivity contribution is -0.118. The Morgan fingerprint density at radius 1 is 1.03 bits per heavy atom. The fraction of sp³-hybridized carbons (Fsp3) is 0.0870. The Bertz CT molecular complexity index is 1280. The van der Waals surface area contributed by atoms with Crippen LogP contribution in [0.5, 0.6) is 5.75 Å². The molecular weight excluding hydrogens is 385 g/mol. The normalized spacial score (nSPS) is 10.7. The number of hydrogen-bond acceptors (Lipinski definition) is 4. The monoisotopic (exact) mass is 403 g/mol. The van der Waals surface area contributed by atoms with Crippen molar-refractivity contribution in [2.45, 2.75) is 6.92 Å². The lowest BCUT2D eigenvalue weighted by Gasteiger charge is -2.12. The third kappa shape index (κ3) is 3.91. The topological polar surface area (TPSA) is 73.2 Å². The molecule has 6 nitrogen and oxygen atoms in total. The molecule has 0 spiro atoms. The maximum absolute atomic E-state index is 13.5. The van der Waals surface area contributed by atoms with Gasteiger partial charge in [0, 0.05) is 5.69 Å². The van der Waals surface area contributed by atoms with E-state index in [1.165, 1.54) is 16.7 Å². The lowest BCUT2D eigenvalue weighted by atomic mass is 10.2. The fourth-order valence-electron chi connectivity index (χ4n) is 3.14. The van der Waals surface area contributed by atoms with E-state index in [1.54, 1.807) is 61.5 Å². The van der Waals surface area contributed by atoms with Crippen LogP contribution in [0.25, 0.3) is 16.6 Å². The Morgan fingerprint density at radius 2 is 1.73 bits per heavy atom. The molecule has 0 saturated heterocycles. The van der Waals surface area contributed by atoms with Crippen LogP contribution in [0, 0.1) is 12.7 Å². The number of carbonyl (C=O) groups is 1. The summed E-state index contributed by atoms with van der Waals surface area (Å²) in [7, 11) is 0. The molecule has 0 atom stereocenters. The number of para-hydroxylation sites is 2. The number of fused-ring (bicyclic) bond motifs is 1. The standard InChI is InChI=1S/C23H18FN3O3/c1-15-25-20-8-4-2-6-18(20)23(29)27(15)17-12-10-16(11-13-17)26-22(28)14-30-21-9-5-3-7-19(21)24/h2-13H,14H2,1H3,(H,26,28). The highest BCUT2D eigenvalue weighted by molar-refractivity contribution is 5.92. The third-order valence-corrected chi connectivity index (χ3v) is 4.55. The summed E-state index contributed by atoms with van der Waals surface area (Å²) in [6.45, 7) is 1.44. The van der Waals surface area contributed by atoms with Gasteiger partial charge in [-0.3, -0.25) is 14.2 Å². The first-order chi connectivity index (χ1) is 14.5. The van der Waals surface area contributed by atoms with Gasteiger partial charge in [-0.15, -0.1) is 0 Å². The number of hydrogen-bond donors (Lipinski definition) is 1. The molecule has 0 aliphatic heterocycles. The maximum atomic E-state index is 13.5. The molecule has 0 fully saturated rings. The molecule has 1 amide bonds. The number of nitrogens with zero attached hydrogens (tertiary/aromatic N) is 2. The van der Waals surface area contributed by atoms with Gasteiger partial charge in [-0.05, 0) is 55.5 Å². The zero-order chi connectivity index (χ0) is 21.1. The summed E-state index contributed by atoms with van der Waals surface area (Å²) in [6.07, 6.45) is 0. The molecule has 0 unspecified atom stereocenters. The Labute approximate surface area is 171 Å². The quantitative estimate of drug-likeness (QED) is 0.549. The van der Waals surface area contributed by atoms with E-state index in [4.69, 9.17) is 4.74 Å². The Balaban J connectivity index is 1.50. The number of rotatable bonds is 5. The molecule has 1 heterocycles. The van der Waals surface area contributed by atoms with Gasteiger partial charge in [0.1, 0.15) is 5.82 Å². The second kappa shape index (κ2) is 8.16. The average Bonchev–Trinajstić information content (AvgIpc) is 2.74. The maximum Gasteiger partial charge on any atom is 0.265 e. The molecule has 0 radical (unpaired) electrons. The molecule has 4 aromatic rings. The Morgan fingerprint density at radius 3 is 2.50 bits per heavy atom. The number of aryl methyl sites for hydroxylation is 1. The number of amides is 1. The molecular formula is C23H18FN3O3. The van der Waals surface area contributed by atoms with E-state index in [-0.39, 0.29) is 17.9 Å². The first kappa shape index (κ1) is 19.3. The van der Waals surface area contributed by atoms with Crippen LogP contribution < -0.4 is 15.6 Å². The summed E-state index contributed by atoms with van der Waals surface area (Å²) >= 11 is 0. The fourth-order valence-corrected chi connectivity index (χ4v) is 3.14. The van der Waals surface area contributed by atoms with Crippen molar-refractivity contribution in [2.75, 3.05) is 11.9 Å². The molecule has 7 heteroatoms. The van der Waals surface area contributed by atoms with E-state index < -0.39 is 11.7 Å². The number of anilines is 1. The van der Waals surface area contributed by atoms with Crippen molar-refractivity contribution < 1.29 is 13.9 Å². The number of nitrogens with one attached hydrogen (secondary N) is 1. The van der Waals surface area contributed by atoms with Gasteiger partial charge in [-0.25, -0.2) is 9.37 Å². The minimum atomic E-state index is -0.528. The van der Waals surface area contributed by atoms with E-state index in [0.717, 1.165) is 0 Å². The van der Waals surface area contributed by atoms with E-state index >= 15 is 0 Å². The molecule has 0 aliphatic carbocycles. The Kier molecular flexibility index (Phi) is 5.26. The number of aromatic nitrogens is 2. The largest absolute Gasteiger partial charge is 0.481 e. The van der Waals surface area contributed by atoms with Crippen molar-refractivity contribution in [3.05, 3.63) is 94.8 Å². The second-order valence-corrected chi connectivity index (χ2v) is 6.63. The van der Waals surface area contributed by atoms with Crippen molar-refractivity contribution in [1.29, 1.82) is 0 Å². The van der Waals surface area contributed by atoms with E-state index in [0.29, 0.717) is 28.1 Å². The van der Waals surface area contributed by atoms with Crippen molar-refractivity contribution >= 4 is 22.5 Å². The van der Waals surface area contributed by atoms with Crippen LogP contribution in [-0.2, 0) is 4.79 Å². The van der Waals surface area contributed by atoms with Crippen LogP contribution in [0.2, 0.25) is 0 Å². The number of benzene rings is 3. The summed E-state index contributed by atoms with van der Waals surface area (Å²) in [5, 5.41) is 3.21. The third-order valence-electron chi connectivity index (χ3n) is 4.55. The van der Waals surface area contributed by atoms with E-state index in [2.05, 4.69) is 10.3 Å². The van der Waals surface area contributed by atoms with Crippen molar-refractivity contribution in [3.63, 3.8) is 0 Å². The van der Waals surface area contributed by atoms with E-state index in [1.807, 2.05) is 6.07 Å². The molecule has 0 bridgehead atoms. The van der Waals surface area contributed by atoms with Gasteiger partial charge in [0.25, 0.3) is 11.5 Å². The Hall–Kier alpha value is -4.00. The summed E-state index contributed by atoms with van der Waals surface area (Å²) in [4.78, 5) is 29.4. The second-order valence-electron chi connectivity index (χ2n) is 6.63. The number of ether oxygens (including phenoxy) is 1. The summed E-state index contributed by atoms with van der Waals surface area (Å²) in [5.41, 5.74) is 1.65. The van der Waals surface area contributed by atoms with Crippen LogP contribution in [0.4, 0.5) is 10.1 Å². The first-order valence-electron chi connectivity index (χ1n) is 9.29. The van der Waals surface area contributed by atoms with E-state index in [9.17, 15) is 14.0 Å². The van der Waals surface area contributed by atoms with Gasteiger partial charge < -0.3 is 10.1 Å². The highest BCUT2D eigenvalue weighted by Gasteiger charge is 2.11. The number of halogens is 1. The smallest absolute Gasteiger partial charge is 0.265 e. The van der Waals surface area contributed by atoms with Crippen molar-refractivity contribution in [1.82, 2.24) is 9.55 Å². The van der Waals surface area contributed by atoms with Gasteiger partial charge >= 0.3 is 0 Å². The number of carbonyl (C=O) groups excluding carboxylic acids is 1. The summed E-state index contributed by atoms with van der Waals surface area (Å²) < 4.78 is 20.3. The first-order valence-corrected chi connectivity index (χ1v) is 9.29. The minimum absolute atomic E-state index is 0.0154. The van der Waals surface area contributed by atoms with Crippen molar-refractivity contribution in [2.24, 2.45) is 0 Å². The molecule has 150 valence electrons.